The molecule has 1 aromatic carbocycles. The summed E-state index contributed by atoms with van der Waals surface area (Å²) in [6, 6.07) is 10.4. The van der Waals surface area contributed by atoms with E-state index in [0.29, 0.717) is 25.5 Å². The molecule has 0 unspecified atom stereocenters. The molecular weight excluding hydrogens is 467 g/mol. The zero-order valence-corrected chi connectivity index (χ0v) is 19.6. The van der Waals surface area contributed by atoms with Crippen molar-refractivity contribution in [2.75, 3.05) is 13.6 Å². The molecule has 0 radical (unpaired) electrons. The van der Waals surface area contributed by atoms with Crippen LogP contribution in [0.2, 0.25) is 0 Å². The largest absolute Gasteiger partial charge is 0.356 e. The fourth-order valence-corrected chi connectivity index (χ4v) is 2.83. The summed E-state index contributed by atoms with van der Waals surface area (Å²) in [4.78, 5) is 15.9. The van der Waals surface area contributed by atoms with Crippen LogP contribution < -0.4 is 16.0 Å². The van der Waals surface area contributed by atoms with E-state index in [2.05, 4.69) is 44.2 Å². The van der Waals surface area contributed by atoms with Crippen molar-refractivity contribution >= 4 is 35.8 Å². The van der Waals surface area contributed by atoms with Gasteiger partial charge in [0.25, 0.3) is 0 Å². The lowest BCUT2D eigenvalue weighted by Crippen LogP contribution is -2.39. The van der Waals surface area contributed by atoms with Gasteiger partial charge in [0, 0.05) is 38.3 Å². The molecule has 0 atom stereocenters. The summed E-state index contributed by atoms with van der Waals surface area (Å²) in [6.07, 6.45) is 0.404. The number of para-hydroxylation sites is 1. The van der Waals surface area contributed by atoms with Crippen molar-refractivity contribution < 1.29 is 4.79 Å². The molecule has 0 saturated carbocycles. The third-order valence-corrected chi connectivity index (χ3v) is 3.99. The van der Waals surface area contributed by atoms with Gasteiger partial charge in [0.15, 0.2) is 5.96 Å². The lowest BCUT2D eigenvalue weighted by atomic mass is 10.1. The molecule has 2 aromatic rings. The maximum atomic E-state index is 11.7. The summed E-state index contributed by atoms with van der Waals surface area (Å²) in [6.45, 7) is 9.07. The lowest BCUT2D eigenvalue weighted by Gasteiger charge is -2.15. The number of carbonyl (C=O) groups excluding carboxylic acids is 1. The van der Waals surface area contributed by atoms with Gasteiger partial charge < -0.3 is 16.0 Å². The molecule has 0 spiro atoms. The number of aromatic nitrogens is 2. The Morgan fingerprint density at radius 3 is 2.54 bits per heavy atom. The molecule has 0 bridgehead atoms. The zero-order chi connectivity index (χ0) is 19.8. The first-order valence-corrected chi connectivity index (χ1v) is 9.26. The summed E-state index contributed by atoms with van der Waals surface area (Å²) < 4.78 is 1.96. The minimum Gasteiger partial charge on any atom is -0.356 e. The smallest absolute Gasteiger partial charge is 0.221 e. The molecule has 154 valence electrons. The van der Waals surface area contributed by atoms with Gasteiger partial charge in [0.2, 0.25) is 5.91 Å². The first kappa shape index (κ1) is 23.9. The number of hydrogen-bond donors (Lipinski definition) is 3. The van der Waals surface area contributed by atoms with Gasteiger partial charge in [0.05, 0.1) is 11.4 Å². The molecule has 1 heterocycles. The highest BCUT2D eigenvalue weighted by Gasteiger charge is 2.09. The molecule has 28 heavy (non-hydrogen) atoms. The Kier molecular flexibility index (Phi) is 9.98. The topological polar surface area (TPSA) is 83.3 Å². The van der Waals surface area contributed by atoms with Crippen molar-refractivity contribution in [3.8, 4) is 5.69 Å². The second kappa shape index (κ2) is 11.7. The van der Waals surface area contributed by atoms with Crippen molar-refractivity contribution in [1.29, 1.82) is 0 Å². The Morgan fingerprint density at radius 1 is 1.21 bits per heavy atom. The van der Waals surface area contributed by atoms with Gasteiger partial charge >= 0.3 is 0 Å². The fraction of sp³-hybridized carbons (Fsp3) is 0.450. The van der Waals surface area contributed by atoms with E-state index in [9.17, 15) is 4.79 Å². The normalized spacial score (nSPS) is 11.1. The number of benzene rings is 1. The van der Waals surface area contributed by atoms with Crippen molar-refractivity contribution in [3.05, 3.63) is 47.3 Å². The molecule has 2 rings (SSSR count). The number of amides is 1. The van der Waals surface area contributed by atoms with Gasteiger partial charge in [-0.2, -0.15) is 5.10 Å². The Labute approximate surface area is 184 Å². The van der Waals surface area contributed by atoms with Crippen LogP contribution in [0.4, 0.5) is 0 Å². The number of guanidine groups is 1. The van der Waals surface area contributed by atoms with Crippen molar-refractivity contribution in [3.63, 3.8) is 0 Å². The van der Waals surface area contributed by atoms with E-state index in [1.165, 1.54) is 0 Å². The van der Waals surface area contributed by atoms with Gasteiger partial charge in [-0.3, -0.25) is 9.79 Å². The number of aliphatic imine (C=N–C) groups is 1. The van der Waals surface area contributed by atoms with Crippen molar-refractivity contribution in [1.82, 2.24) is 25.7 Å². The van der Waals surface area contributed by atoms with Crippen LogP contribution in [0, 0.1) is 13.8 Å². The monoisotopic (exact) mass is 498 g/mol. The summed E-state index contributed by atoms with van der Waals surface area (Å²) >= 11 is 0. The summed E-state index contributed by atoms with van der Waals surface area (Å²) in [5.74, 6) is 0.693. The molecule has 0 saturated heterocycles. The number of hydrogen-bond acceptors (Lipinski definition) is 3. The van der Waals surface area contributed by atoms with Crippen LogP contribution >= 0.6 is 24.0 Å². The molecule has 1 amide bonds. The molecule has 1 aromatic heterocycles. The zero-order valence-electron chi connectivity index (χ0n) is 17.2. The summed E-state index contributed by atoms with van der Waals surface area (Å²) in [5.41, 5.74) is 4.25. The Bertz CT molecular complexity index is 800. The van der Waals surface area contributed by atoms with E-state index >= 15 is 0 Å². The second-order valence-corrected chi connectivity index (χ2v) is 6.79. The Hall–Kier alpha value is -2.10. The molecule has 8 heteroatoms. The van der Waals surface area contributed by atoms with Crippen LogP contribution in [0.5, 0.6) is 0 Å². The molecular formula is C20H31IN6O. The van der Waals surface area contributed by atoms with Crippen LogP contribution in [0.25, 0.3) is 5.69 Å². The predicted molar refractivity (Wildman–Crippen MR) is 125 cm³/mol. The Morgan fingerprint density at radius 2 is 1.93 bits per heavy atom. The van der Waals surface area contributed by atoms with E-state index < -0.39 is 0 Å². The lowest BCUT2D eigenvalue weighted by molar-refractivity contribution is -0.121. The van der Waals surface area contributed by atoms with Crippen LogP contribution in [0.3, 0.4) is 0 Å². The number of rotatable bonds is 7. The second-order valence-electron chi connectivity index (χ2n) is 6.79. The highest BCUT2D eigenvalue weighted by atomic mass is 127. The third kappa shape index (κ3) is 7.14. The van der Waals surface area contributed by atoms with Crippen LogP contribution in [-0.4, -0.2) is 41.3 Å². The highest BCUT2D eigenvalue weighted by Crippen LogP contribution is 2.16. The number of nitrogens with one attached hydrogen (secondary N) is 3. The molecule has 7 nitrogen and oxygen atoms in total. The highest BCUT2D eigenvalue weighted by molar-refractivity contribution is 14.0. The molecule has 3 N–H and O–H groups in total. The summed E-state index contributed by atoms with van der Waals surface area (Å²) in [7, 11) is 1.72. The van der Waals surface area contributed by atoms with Gasteiger partial charge in [-0.05, 0) is 45.4 Å². The van der Waals surface area contributed by atoms with Crippen molar-refractivity contribution in [2.24, 2.45) is 4.99 Å². The summed E-state index contributed by atoms with van der Waals surface area (Å²) in [5, 5.41) is 13.9. The quantitative estimate of drug-likeness (QED) is 0.312. The van der Waals surface area contributed by atoms with Gasteiger partial charge in [0.1, 0.15) is 0 Å². The maximum Gasteiger partial charge on any atom is 0.221 e. The van der Waals surface area contributed by atoms with E-state index in [1.807, 2.05) is 44.5 Å². The number of carbonyl (C=O) groups is 1. The van der Waals surface area contributed by atoms with E-state index in [4.69, 9.17) is 0 Å². The van der Waals surface area contributed by atoms with Gasteiger partial charge in [-0.1, -0.05) is 18.2 Å². The Balaban J connectivity index is 0.00000392. The van der Waals surface area contributed by atoms with Crippen LogP contribution in [0.15, 0.2) is 35.3 Å². The number of aryl methyl sites for hydroxylation is 2. The van der Waals surface area contributed by atoms with E-state index in [0.717, 1.165) is 22.6 Å². The maximum absolute atomic E-state index is 11.7. The van der Waals surface area contributed by atoms with E-state index in [1.54, 1.807) is 7.05 Å². The average molecular weight is 498 g/mol. The first-order valence-electron chi connectivity index (χ1n) is 9.26. The fourth-order valence-electron chi connectivity index (χ4n) is 2.83. The van der Waals surface area contributed by atoms with Gasteiger partial charge in [-0.15, -0.1) is 24.0 Å². The minimum atomic E-state index is 0. The standard InChI is InChI=1S/C20H30N6O.HI/c1-14(2)24-19(27)10-11-22-20(21-5)23-13-17-8-6-7-9-18(17)26-16(4)12-15(3)25-26;/h6-9,12,14H,10-11,13H2,1-5H3,(H,24,27)(H2,21,22,23);1H. The van der Waals surface area contributed by atoms with E-state index in [-0.39, 0.29) is 35.9 Å². The minimum absolute atomic E-state index is 0. The average Bonchev–Trinajstić information content (AvgIpc) is 2.95. The predicted octanol–water partition coefficient (Wildman–Crippen LogP) is 2.69. The van der Waals surface area contributed by atoms with Crippen LogP contribution in [0.1, 0.15) is 37.2 Å². The third-order valence-electron chi connectivity index (χ3n) is 3.99. The first-order chi connectivity index (χ1) is 12.9. The molecule has 0 fully saturated rings. The number of nitrogens with zero attached hydrogens (tertiary/aromatic N) is 3. The molecule has 0 aliphatic rings. The van der Waals surface area contributed by atoms with Crippen LogP contribution in [-0.2, 0) is 11.3 Å². The molecule has 0 aliphatic heterocycles. The SMILES string of the molecule is CN=C(NCCC(=O)NC(C)C)NCc1ccccc1-n1nc(C)cc1C.I. The van der Waals surface area contributed by atoms with Gasteiger partial charge in [-0.25, -0.2) is 4.68 Å². The molecule has 0 aliphatic carbocycles. The number of halogens is 1. The van der Waals surface area contributed by atoms with Crippen molar-refractivity contribution in [2.45, 2.75) is 46.7 Å².